The summed E-state index contributed by atoms with van der Waals surface area (Å²) in [6.45, 7) is 1.80. The number of hydrazine groups is 1. The molecule has 2 N–H and O–H groups in total. The van der Waals surface area contributed by atoms with Crippen molar-refractivity contribution < 1.29 is 9.92 Å². The summed E-state index contributed by atoms with van der Waals surface area (Å²) in [6, 6.07) is 0. The van der Waals surface area contributed by atoms with Crippen LogP contribution >= 0.6 is 0 Å². The highest BCUT2D eigenvalue weighted by Crippen LogP contribution is 2.14. The van der Waals surface area contributed by atoms with Crippen molar-refractivity contribution in [2.75, 3.05) is 19.7 Å². The van der Waals surface area contributed by atoms with Crippen molar-refractivity contribution in [2.24, 2.45) is 11.8 Å². The van der Waals surface area contributed by atoms with Crippen molar-refractivity contribution in [1.82, 2.24) is 5.01 Å². The van der Waals surface area contributed by atoms with Gasteiger partial charge in [-0.15, -0.1) is 10.1 Å². The summed E-state index contributed by atoms with van der Waals surface area (Å²) in [7, 11) is 0. The topological polar surface area (TPSA) is 81.6 Å². The van der Waals surface area contributed by atoms with Crippen LogP contribution < -0.4 is 5.84 Å². The Balaban J connectivity index is 2.13. The Morgan fingerprint density at radius 1 is 1.58 bits per heavy atom. The first-order valence-electron chi connectivity index (χ1n) is 3.95. The van der Waals surface area contributed by atoms with Crippen LogP contribution in [0.4, 0.5) is 0 Å². The number of hydrogen-bond donors (Lipinski definition) is 1. The van der Waals surface area contributed by atoms with Gasteiger partial charge in [0.25, 0.3) is 5.09 Å². The standard InChI is InChI=1S/C6H13N3O3/c7-8-3-1-6(2-4-8)5-12-9(10)11/h6H,1-5,7H2. The molecule has 0 unspecified atom stereocenters. The molecule has 1 heterocycles. The first-order valence-corrected chi connectivity index (χ1v) is 3.95. The van der Waals surface area contributed by atoms with Crippen LogP contribution in [0.1, 0.15) is 12.8 Å². The number of hydrogen-bond acceptors (Lipinski definition) is 5. The maximum absolute atomic E-state index is 9.85. The molecule has 1 aliphatic heterocycles. The summed E-state index contributed by atoms with van der Waals surface area (Å²) in [5, 5.41) is 10.8. The van der Waals surface area contributed by atoms with Crippen molar-refractivity contribution in [3.05, 3.63) is 10.1 Å². The maximum Gasteiger partial charge on any atom is 0.294 e. The molecule has 0 radical (unpaired) electrons. The second-order valence-electron chi connectivity index (χ2n) is 3.00. The van der Waals surface area contributed by atoms with Gasteiger partial charge < -0.3 is 4.84 Å². The average Bonchev–Trinajstić information content (AvgIpc) is 2.03. The van der Waals surface area contributed by atoms with E-state index in [2.05, 4.69) is 4.84 Å². The van der Waals surface area contributed by atoms with Crippen LogP contribution in [0, 0.1) is 16.0 Å². The normalized spacial score (nSPS) is 20.8. The van der Waals surface area contributed by atoms with Crippen molar-refractivity contribution in [3.8, 4) is 0 Å². The van der Waals surface area contributed by atoms with Crippen LogP contribution in [-0.2, 0) is 4.84 Å². The number of nitrogens with two attached hydrogens (primary N) is 1. The average molecular weight is 175 g/mol. The number of piperidine rings is 1. The van der Waals surface area contributed by atoms with Crippen LogP contribution in [0.25, 0.3) is 0 Å². The zero-order chi connectivity index (χ0) is 8.97. The molecule has 0 aromatic carbocycles. The lowest BCUT2D eigenvalue weighted by Crippen LogP contribution is -2.39. The van der Waals surface area contributed by atoms with E-state index in [1.807, 2.05) is 0 Å². The molecule has 0 saturated carbocycles. The molecule has 6 nitrogen and oxygen atoms in total. The van der Waals surface area contributed by atoms with Crippen LogP contribution in [0.2, 0.25) is 0 Å². The van der Waals surface area contributed by atoms with Gasteiger partial charge in [0.15, 0.2) is 0 Å². The lowest BCUT2D eigenvalue weighted by Gasteiger charge is -2.27. The third kappa shape index (κ3) is 3.02. The molecule has 1 rings (SSSR count). The fourth-order valence-corrected chi connectivity index (χ4v) is 1.29. The van der Waals surface area contributed by atoms with Gasteiger partial charge in [0.05, 0.1) is 6.61 Å². The van der Waals surface area contributed by atoms with Crippen LogP contribution in [0.5, 0.6) is 0 Å². The Morgan fingerprint density at radius 3 is 2.67 bits per heavy atom. The summed E-state index contributed by atoms with van der Waals surface area (Å²) in [4.78, 5) is 14.1. The van der Waals surface area contributed by atoms with Crippen molar-refractivity contribution in [2.45, 2.75) is 12.8 Å². The molecule has 1 fully saturated rings. The monoisotopic (exact) mass is 175 g/mol. The van der Waals surface area contributed by atoms with E-state index in [0.717, 1.165) is 25.9 Å². The zero-order valence-electron chi connectivity index (χ0n) is 6.81. The predicted molar refractivity (Wildman–Crippen MR) is 41.4 cm³/mol. The molecule has 1 saturated heterocycles. The van der Waals surface area contributed by atoms with Gasteiger partial charge >= 0.3 is 0 Å². The van der Waals surface area contributed by atoms with Gasteiger partial charge in [-0.05, 0) is 18.8 Å². The van der Waals surface area contributed by atoms with Crippen LogP contribution in [0.3, 0.4) is 0 Å². The largest absolute Gasteiger partial charge is 0.314 e. The second-order valence-corrected chi connectivity index (χ2v) is 3.00. The molecule has 0 amide bonds. The molecule has 0 atom stereocenters. The van der Waals surface area contributed by atoms with E-state index in [-0.39, 0.29) is 12.5 Å². The Hall–Kier alpha value is -0.880. The minimum absolute atomic E-state index is 0.209. The first-order chi connectivity index (χ1) is 5.68. The SMILES string of the molecule is NN1CCC(CO[N+](=O)[O-])CC1. The number of rotatable bonds is 3. The van der Waals surface area contributed by atoms with Crippen molar-refractivity contribution in [3.63, 3.8) is 0 Å². The first kappa shape index (κ1) is 9.21. The molecule has 0 aromatic rings. The molecule has 0 aromatic heterocycles. The van der Waals surface area contributed by atoms with E-state index in [9.17, 15) is 10.1 Å². The highest BCUT2D eigenvalue weighted by Gasteiger charge is 2.17. The van der Waals surface area contributed by atoms with E-state index in [1.165, 1.54) is 0 Å². The van der Waals surface area contributed by atoms with E-state index < -0.39 is 5.09 Å². The quantitative estimate of drug-likeness (QED) is 0.364. The van der Waals surface area contributed by atoms with Crippen LogP contribution in [-0.4, -0.2) is 29.8 Å². The maximum atomic E-state index is 9.85. The Kier molecular flexibility index (Phi) is 3.24. The van der Waals surface area contributed by atoms with E-state index >= 15 is 0 Å². The van der Waals surface area contributed by atoms with E-state index in [0.29, 0.717) is 0 Å². The van der Waals surface area contributed by atoms with Gasteiger partial charge in [0.1, 0.15) is 0 Å². The van der Waals surface area contributed by atoms with Gasteiger partial charge in [-0.3, -0.25) is 5.84 Å². The summed E-state index contributed by atoms with van der Waals surface area (Å²) >= 11 is 0. The summed E-state index contributed by atoms with van der Waals surface area (Å²) in [6.07, 6.45) is 1.76. The van der Waals surface area contributed by atoms with Gasteiger partial charge in [-0.2, -0.15) is 0 Å². The molecular weight excluding hydrogens is 162 g/mol. The Bertz CT molecular complexity index is 156. The molecule has 0 bridgehead atoms. The Morgan fingerprint density at radius 2 is 2.17 bits per heavy atom. The predicted octanol–water partition coefficient (Wildman–Crippen LogP) is -0.220. The van der Waals surface area contributed by atoms with Gasteiger partial charge in [0, 0.05) is 13.1 Å². The molecule has 12 heavy (non-hydrogen) atoms. The number of nitrogens with zero attached hydrogens (tertiary/aromatic N) is 2. The smallest absolute Gasteiger partial charge is 0.294 e. The minimum atomic E-state index is -0.741. The van der Waals surface area contributed by atoms with Crippen molar-refractivity contribution >= 4 is 0 Å². The third-order valence-corrected chi connectivity index (χ3v) is 2.06. The third-order valence-electron chi connectivity index (χ3n) is 2.06. The fraction of sp³-hybridized carbons (Fsp3) is 1.00. The van der Waals surface area contributed by atoms with Crippen molar-refractivity contribution in [1.29, 1.82) is 0 Å². The molecular formula is C6H13N3O3. The lowest BCUT2D eigenvalue weighted by molar-refractivity contribution is -0.759. The molecule has 70 valence electrons. The lowest BCUT2D eigenvalue weighted by atomic mass is 9.99. The fourth-order valence-electron chi connectivity index (χ4n) is 1.29. The van der Waals surface area contributed by atoms with E-state index in [4.69, 9.17) is 5.84 Å². The molecule has 1 aliphatic rings. The summed E-state index contributed by atoms with van der Waals surface area (Å²) in [5.41, 5.74) is 0. The summed E-state index contributed by atoms with van der Waals surface area (Å²) < 4.78 is 0. The highest BCUT2D eigenvalue weighted by molar-refractivity contribution is 4.67. The molecule has 0 spiro atoms. The second kappa shape index (κ2) is 4.22. The van der Waals surface area contributed by atoms with Gasteiger partial charge in [0.2, 0.25) is 0 Å². The Labute approximate surface area is 70.3 Å². The molecule has 6 heteroatoms. The molecule has 0 aliphatic carbocycles. The minimum Gasteiger partial charge on any atom is -0.314 e. The zero-order valence-corrected chi connectivity index (χ0v) is 6.81. The van der Waals surface area contributed by atoms with E-state index in [1.54, 1.807) is 5.01 Å². The summed E-state index contributed by atoms with van der Waals surface area (Å²) in [5.74, 6) is 5.80. The van der Waals surface area contributed by atoms with Gasteiger partial charge in [-0.1, -0.05) is 0 Å². The van der Waals surface area contributed by atoms with Gasteiger partial charge in [-0.25, -0.2) is 5.01 Å². The highest BCUT2D eigenvalue weighted by atomic mass is 16.9. The van der Waals surface area contributed by atoms with Crippen LogP contribution in [0.15, 0.2) is 0 Å².